The second kappa shape index (κ2) is 6.61. The number of carbonyl (C=O) groups is 1. The van der Waals surface area contributed by atoms with Crippen LogP contribution < -0.4 is 5.32 Å². The molecule has 1 amide bonds. The second-order valence-corrected chi connectivity index (χ2v) is 6.92. The van der Waals surface area contributed by atoms with Crippen LogP contribution in [0.5, 0.6) is 0 Å². The summed E-state index contributed by atoms with van der Waals surface area (Å²) in [6, 6.07) is 6.85. The molecule has 0 radical (unpaired) electrons. The van der Waals surface area contributed by atoms with E-state index >= 15 is 0 Å². The van der Waals surface area contributed by atoms with E-state index in [0.29, 0.717) is 5.92 Å². The van der Waals surface area contributed by atoms with Gasteiger partial charge in [-0.3, -0.25) is 4.79 Å². The fourth-order valence-corrected chi connectivity index (χ4v) is 3.65. The van der Waals surface area contributed by atoms with E-state index in [4.69, 9.17) is 0 Å². The molecule has 1 saturated carbocycles. The summed E-state index contributed by atoms with van der Waals surface area (Å²) in [5.41, 5.74) is 2.82. The van der Waals surface area contributed by atoms with Crippen LogP contribution in [0.1, 0.15) is 43.7 Å². The molecule has 1 heterocycles. The van der Waals surface area contributed by atoms with Gasteiger partial charge >= 0.3 is 0 Å². The van der Waals surface area contributed by atoms with Gasteiger partial charge in [-0.2, -0.15) is 0 Å². The van der Waals surface area contributed by atoms with Crippen molar-refractivity contribution in [1.82, 2.24) is 5.32 Å². The first kappa shape index (κ1) is 14.6. The van der Waals surface area contributed by atoms with Gasteiger partial charge in [-0.15, -0.1) is 11.3 Å². The van der Waals surface area contributed by atoms with Crippen molar-refractivity contribution < 1.29 is 4.79 Å². The Morgan fingerprint density at radius 1 is 1.33 bits per heavy atom. The van der Waals surface area contributed by atoms with Gasteiger partial charge in [0.25, 0.3) is 0 Å². The predicted octanol–water partition coefficient (Wildman–Crippen LogP) is 4.31. The van der Waals surface area contributed by atoms with Crippen molar-refractivity contribution in [3.63, 3.8) is 0 Å². The fourth-order valence-electron chi connectivity index (χ4n) is 2.67. The largest absolute Gasteiger partial charge is 0.356 e. The van der Waals surface area contributed by atoms with Crippen molar-refractivity contribution in [2.24, 2.45) is 5.92 Å². The Bertz CT molecular complexity index is 627. The predicted molar refractivity (Wildman–Crippen MR) is 89.9 cm³/mol. The van der Waals surface area contributed by atoms with Crippen LogP contribution >= 0.6 is 11.3 Å². The minimum atomic E-state index is 0.248. The Balaban J connectivity index is 1.64. The zero-order valence-corrected chi connectivity index (χ0v) is 13.5. The highest BCUT2D eigenvalue weighted by molar-refractivity contribution is 7.17. The molecule has 3 rings (SSSR count). The molecule has 3 heteroatoms. The average molecular weight is 301 g/mol. The smallest absolute Gasteiger partial charge is 0.223 e. The van der Waals surface area contributed by atoms with Gasteiger partial charge in [-0.05, 0) is 60.1 Å². The topological polar surface area (TPSA) is 29.1 Å². The molecular weight excluding hydrogens is 278 g/mol. The normalized spacial score (nSPS) is 14.5. The van der Waals surface area contributed by atoms with Crippen molar-refractivity contribution in [2.45, 2.75) is 45.4 Å². The molecule has 1 fully saturated rings. The van der Waals surface area contributed by atoms with Crippen LogP contribution in [0, 0.1) is 5.92 Å². The summed E-state index contributed by atoms with van der Waals surface area (Å²) in [7, 11) is 0. The van der Waals surface area contributed by atoms with Crippen LogP contribution in [0.2, 0.25) is 0 Å². The minimum Gasteiger partial charge on any atom is -0.356 e. The van der Waals surface area contributed by atoms with Crippen molar-refractivity contribution >= 4 is 27.3 Å². The Morgan fingerprint density at radius 3 is 2.95 bits per heavy atom. The minimum absolute atomic E-state index is 0.248. The van der Waals surface area contributed by atoms with Crippen molar-refractivity contribution in [2.75, 3.05) is 6.54 Å². The summed E-state index contributed by atoms with van der Waals surface area (Å²) in [5.74, 6) is 0.558. The lowest BCUT2D eigenvalue weighted by molar-refractivity contribution is -0.122. The van der Waals surface area contributed by atoms with Gasteiger partial charge in [0.15, 0.2) is 0 Å². The fraction of sp³-hybridized carbons (Fsp3) is 0.500. The number of benzene rings is 1. The van der Waals surface area contributed by atoms with E-state index in [1.807, 2.05) is 11.3 Å². The molecule has 0 aliphatic heterocycles. The quantitative estimate of drug-likeness (QED) is 0.811. The van der Waals surface area contributed by atoms with Gasteiger partial charge in [0.05, 0.1) is 0 Å². The summed E-state index contributed by atoms with van der Waals surface area (Å²) in [6.07, 6.45) is 6.75. The third-order valence-corrected chi connectivity index (χ3v) is 5.19. The average Bonchev–Trinajstić information content (AvgIpc) is 3.28. The molecule has 0 saturated heterocycles. The molecule has 21 heavy (non-hydrogen) atoms. The Morgan fingerprint density at radius 2 is 2.19 bits per heavy atom. The van der Waals surface area contributed by atoms with E-state index < -0.39 is 0 Å². The van der Waals surface area contributed by atoms with E-state index in [2.05, 4.69) is 35.8 Å². The maximum absolute atomic E-state index is 11.7. The number of hydrogen-bond donors (Lipinski definition) is 1. The highest BCUT2D eigenvalue weighted by Gasteiger charge is 2.29. The van der Waals surface area contributed by atoms with E-state index in [1.54, 1.807) is 0 Å². The van der Waals surface area contributed by atoms with E-state index in [-0.39, 0.29) is 5.91 Å². The number of nitrogens with one attached hydrogen (secondary N) is 1. The Labute approximate surface area is 130 Å². The lowest BCUT2D eigenvalue weighted by Crippen LogP contribution is -2.26. The maximum atomic E-state index is 11.7. The molecule has 1 aliphatic rings. The molecule has 2 nitrogen and oxygen atoms in total. The number of fused-ring (bicyclic) bond motifs is 1. The standard InChI is InChI=1S/C18H23NOS/c1-2-3-4-13-5-8-17-16(11-13)15(12-21-17)9-10-19-18(20)14-6-7-14/h5,8,11-12,14H,2-4,6-7,9-10H2,1H3,(H,19,20). The zero-order valence-electron chi connectivity index (χ0n) is 12.7. The zero-order chi connectivity index (χ0) is 14.7. The monoisotopic (exact) mass is 301 g/mol. The van der Waals surface area contributed by atoms with Crippen LogP contribution in [0.4, 0.5) is 0 Å². The summed E-state index contributed by atoms with van der Waals surface area (Å²) < 4.78 is 1.36. The lowest BCUT2D eigenvalue weighted by atomic mass is 10.0. The van der Waals surface area contributed by atoms with Crippen LogP contribution in [-0.2, 0) is 17.6 Å². The molecule has 1 aromatic heterocycles. The molecule has 0 spiro atoms. The van der Waals surface area contributed by atoms with Gasteiger partial charge in [0.1, 0.15) is 0 Å². The highest BCUT2D eigenvalue weighted by Crippen LogP contribution is 2.29. The maximum Gasteiger partial charge on any atom is 0.223 e. The Hall–Kier alpha value is -1.35. The first-order valence-electron chi connectivity index (χ1n) is 8.04. The number of carbonyl (C=O) groups excluding carboxylic acids is 1. The first-order chi connectivity index (χ1) is 10.3. The van der Waals surface area contributed by atoms with Crippen molar-refractivity contribution in [1.29, 1.82) is 0 Å². The number of thiophene rings is 1. The number of hydrogen-bond acceptors (Lipinski definition) is 2. The molecule has 1 N–H and O–H groups in total. The molecule has 0 bridgehead atoms. The van der Waals surface area contributed by atoms with Crippen LogP contribution in [0.3, 0.4) is 0 Å². The number of rotatable bonds is 7. The van der Waals surface area contributed by atoms with Crippen molar-refractivity contribution in [3.8, 4) is 0 Å². The lowest BCUT2D eigenvalue weighted by Gasteiger charge is -2.05. The van der Waals surface area contributed by atoms with E-state index in [9.17, 15) is 4.79 Å². The summed E-state index contributed by atoms with van der Waals surface area (Å²) in [6.45, 7) is 3.00. The van der Waals surface area contributed by atoms with Gasteiger partial charge in [0, 0.05) is 17.2 Å². The number of aryl methyl sites for hydroxylation is 1. The molecular formula is C18H23NOS. The second-order valence-electron chi connectivity index (χ2n) is 6.01. The molecule has 2 aromatic rings. The third kappa shape index (κ3) is 3.65. The van der Waals surface area contributed by atoms with Crippen LogP contribution in [-0.4, -0.2) is 12.5 Å². The van der Waals surface area contributed by atoms with Gasteiger partial charge in [0.2, 0.25) is 5.91 Å². The SMILES string of the molecule is CCCCc1ccc2scc(CCNC(=O)C3CC3)c2c1. The molecule has 0 atom stereocenters. The Kier molecular flexibility index (Phi) is 4.59. The molecule has 112 valence electrons. The number of unbranched alkanes of at least 4 members (excludes halogenated alkanes) is 1. The van der Waals surface area contributed by atoms with Gasteiger partial charge in [-0.25, -0.2) is 0 Å². The molecule has 0 unspecified atom stereocenters. The van der Waals surface area contributed by atoms with Gasteiger partial charge < -0.3 is 5.32 Å². The summed E-state index contributed by atoms with van der Waals surface area (Å²) >= 11 is 1.81. The highest BCUT2D eigenvalue weighted by atomic mass is 32.1. The third-order valence-electron chi connectivity index (χ3n) is 4.18. The van der Waals surface area contributed by atoms with Crippen molar-refractivity contribution in [3.05, 3.63) is 34.7 Å². The first-order valence-corrected chi connectivity index (χ1v) is 8.92. The van der Waals surface area contributed by atoms with Crippen LogP contribution in [0.25, 0.3) is 10.1 Å². The molecule has 1 aromatic carbocycles. The molecule has 1 aliphatic carbocycles. The van der Waals surface area contributed by atoms with Crippen LogP contribution in [0.15, 0.2) is 23.6 Å². The van der Waals surface area contributed by atoms with Gasteiger partial charge in [-0.1, -0.05) is 25.5 Å². The van der Waals surface area contributed by atoms with E-state index in [0.717, 1.165) is 25.8 Å². The number of amides is 1. The summed E-state index contributed by atoms with van der Waals surface area (Å²) in [5, 5.41) is 6.69. The van der Waals surface area contributed by atoms with E-state index in [1.165, 1.54) is 40.5 Å². The summed E-state index contributed by atoms with van der Waals surface area (Å²) in [4.78, 5) is 11.7.